The number of hydrogen-bond donors (Lipinski definition) is 1. The van der Waals surface area contributed by atoms with Gasteiger partial charge >= 0.3 is 0 Å². The molecule has 2 rings (SSSR count). The van der Waals surface area contributed by atoms with Gasteiger partial charge in [-0.25, -0.2) is 0 Å². The third-order valence-electron chi connectivity index (χ3n) is 3.64. The van der Waals surface area contributed by atoms with Gasteiger partial charge in [0.1, 0.15) is 5.75 Å². The van der Waals surface area contributed by atoms with Crippen LogP contribution in [0, 0.1) is 5.92 Å². The summed E-state index contributed by atoms with van der Waals surface area (Å²) in [7, 11) is 0. The first-order valence-electron chi connectivity index (χ1n) is 6.83. The normalized spacial score (nSPS) is 22.8. The third kappa shape index (κ3) is 4.53. The number of benzene rings is 1. The fraction of sp³-hybridized carbons (Fsp3) is 0.533. The zero-order valence-corrected chi connectivity index (χ0v) is 12.8. The first-order chi connectivity index (χ1) is 9.15. The van der Waals surface area contributed by atoms with Crippen LogP contribution < -0.4 is 10.1 Å². The summed E-state index contributed by atoms with van der Waals surface area (Å²) in [6.07, 6.45) is 4.79. The van der Waals surface area contributed by atoms with Gasteiger partial charge in [-0.3, -0.25) is 4.79 Å². The van der Waals surface area contributed by atoms with E-state index in [9.17, 15) is 4.79 Å². The predicted octanol–water partition coefficient (Wildman–Crippen LogP) is 3.52. The van der Waals surface area contributed by atoms with E-state index in [1.807, 2.05) is 24.3 Å². The molecule has 0 unspecified atom stereocenters. The monoisotopic (exact) mass is 325 g/mol. The Bertz CT molecular complexity index is 419. The number of nitrogens with one attached hydrogen (secondary N) is 1. The van der Waals surface area contributed by atoms with Crippen molar-refractivity contribution in [3.05, 3.63) is 28.7 Å². The highest BCUT2D eigenvalue weighted by Crippen LogP contribution is 2.23. The molecule has 1 aliphatic rings. The van der Waals surface area contributed by atoms with E-state index in [1.54, 1.807) is 0 Å². The Hall–Kier alpha value is -1.03. The Labute approximate surface area is 122 Å². The first-order valence-corrected chi connectivity index (χ1v) is 7.62. The first kappa shape index (κ1) is 14.4. The minimum atomic E-state index is -0.0262. The van der Waals surface area contributed by atoms with E-state index >= 15 is 0 Å². The number of ether oxygens (including phenoxy) is 1. The van der Waals surface area contributed by atoms with Gasteiger partial charge in [-0.2, -0.15) is 0 Å². The molecule has 1 aromatic rings. The summed E-state index contributed by atoms with van der Waals surface area (Å²) in [5.41, 5.74) is 0. The summed E-state index contributed by atoms with van der Waals surface area (Å²) < 4.78 is 6.47. The van der Waals surface area contributed by atoms with Gasteiger partial charge in [0, 0.05) is 10.5 Å². The van der Waals surface area contributed by atoms with Crippen molar-refractivity contribution in [1.29, 1.82) is 0 Å². The molecule has 0 aromatic heterocycles. The smallest absolute Gasteiger partial charge is 0.258 e. The molecule has 104 valence electrons. The van der Waals surface area contributed by atoms with Crippen LogP contribution in [0.5, 0.6) is 5.75 Å². The molecular weight excluding hydrogens is 306 g/mol. The standard InChI is InChI=1S/C15H20BrNO2/c1-11-4-2-3-5-14(11)17-15(18)10-19-13-8-6-12(16)7-9-13/h6-9,11,14H,2-5,10H2,1H3,(H,17,18)/t11-,14+/m0/s1. The van der Waals surface area contributed by atoms with Crippen LogP contribution in [0.15, 0.2) is 28.7 Å². The minimum Gasteiger partial charge on any atom is -0.484 e. The molecule has 1 fully saturated rings. The Morgan fingerprint density at radius 3 is 2.68 bits per heavy atom. The van der Waals surface area contributed by atoms with Crippen LogP contribution in [0.2, 0.25) is 0 Å². The largest absolute Gasteiger partial charge is 0.484 e. The van der Waals surface area contributed by atoms with Gasteiger partial charge in [-0.1, -0.05) is 35.7 Å². The molecular formula is C15H20BrNO2. The van der Waals surface area contributed by atoms with Gasteiger partial charge in [-0.15, -0.1) is 0 Å². The molecule has 0 bridgehead atoms. The fourth-order valence-corrected chi connectivity index (χ4v) is 2.72. The van der Waals surface area contributed by atoms with E-state index in [1.165, 1.54) is 19.3 Å². The highest BCUT2D eigenvalue weighted by atomic mass is 79.9. The number of halogens is 1. The Morgan fingerprint density at radius 2 is 2.00 bits per heavy atom. The summed E-state index contributed by atoms with van der Waals surface area (Å²) in [5, 5.41) is 3.08. The molecule has 0 radical (unpaired) electrons. The lowest BCUT2D eigenvalue weighted by molar-refractivity contribution is -0.124. The molecule has 0 heterocycles. The van der Waals surface area contributed by atoms with Crippen LogP contribution in [-0.4, -0.2) is 18.6 Å². The lowest BCUT2D eigenvalue weighted by Crippen LogP contribution is -2.43. The van der Waals surface area contributed by atoms with E-state index in [0.29, 0.717) is 12.0 Å². The Balaban J connectivity index is 1.76. The Kier molecular flexibility index (Phi) is 5.25. The van der Waals surface area contributed by atoms with Crippen LogP contribution in [-0.2, 0) is 4.79 Å². The zero-order chi connectivity index (χ0) is 13.7. The van der Waals surface area contributed by atoms with Crippen molar-refractivity contribution in [2.24, 2.45) is 5.92 Å². The highest BCUT2D eigenvalue weighted by molar-refractivity contribution is 9.10. The molecule has 0 saturated heterocycles. The molecule has 2 atom stereocenters. The number of hydrogen-bond acceptors (Lipinski definition) is 2. The van der Waals surface area contributed by atoms with E-state index in [4.69, 9.17) is 4.74 Å². The average molecular weight is 326 g/mol. The number of carbonyl (C=O) groups is 1. The summed E-state index contributed by atoms with van der Waals surface area (Å²) in [6.45, 7) is 2.30. The van der Waals surface area contributed by atoms with Gasteiger partial charge in [-0.05, 0) is 43.0 Å². The van der Waals surface area contributed by atoms with Crippen LogP contribution in [0.1, 0.15) is 32.6 Å². The second kappa shape index (κ2) is 6.94. The van der Waals surface area contributed by atoms with Gasteiger partial charge in [0.25, 0.3) is 5.91 Å². The van der Waals surface area contributed by atoms with E-state index in [-0.39, 0.29) is 12.5 Å². The summed E-state index contributed by atoms with van der Waals surface area (Å²) in [6, 6.07) is 7.81. The zero-order valence-electron chi connectivity index (χ0n) is 11.2. The van der Waals surface area contributed by atoms with E-state index in [2.05, 4.69) is 28.2 Å². The van der Waals surface area contributed by atoms with Crippen LogP contribution in [0.25, 0.3) is 0 Å². The summed E-state index contributed by atoms with van der Waals surface area (Å²) in [5.74, 6) is 1.27. The van der Waals surface area contributed by atoms with Crippen molar-refractivity contribution >= 4 is 21.8 Å². The third-order valence-corrected chi connectivity index (χ3v) is 4.17. The molecule has 4 heteroatoms. The van der Waals surface area contributed by atoms with Crippen LogP contribution in [0.3, 0.4) is 0 Å². The molecule has 1 amide bonds. The molecule has 19 heavy (non-hydrogen) atoms. The lowest BCUT2D eigenvalue weighted by Gasteiger charge is -2.29. The van der Waals surface area contributed by atoms with Crippen molar-refractivity contribution in [1.82, 2.24) is 5.32 Å². The van der Waals surface area contributed by atoms with E-state index < -0.39 is 0 Å². The molecule has 1 saturated carbocycles. The van der Waals surface area contributed by atoms with Gasteiger partial charge in [0.2, 0.25) is 0 Å². The maximum atomic E-state index is 11.9. The number of carbonyl (C=O) groups excluding carboxylic acids is 1. The van der Waals surface area contributed by atoms with Crippen molar-refractivity contribution in [2.75, 3.05) is 6.61 Å². The Morgan fingerprint density at radius 1 is 1.32 bits per heavy atom. The quantitative estimate of drug-likeness (QED) is 0.919. The van der Waals surface area contributed by atoms with Crippen molar-refractivity contribution in [2.45, 2.75) is 38.6 Å². The molecule has 1 aromatic carbocycles. The van der Waals surface area contributed by atoms with Gasteiger partial charge in [0.05, 0.1) is 0 Å². The fourth-order valence-electron chi connectivity index (χ4n) is 2.46. The molecule has 3 nitrogen and oxygen atoms in total. The summed E-state index contributed by atoms with van der Waals surface area (Å²) in [4.78, 5) is 11.9. The minimum absolute atomic E-state index is 0.0262. The lowest BCUT2D eigenvalue weighted by atomic mass is 9.86. The average Bonchev–Trinajstić information content (AvgIpc) is 2.41. The van der Waals surface area contributed by atoms with Crippen molar-refractivity contribution in [3.8, 4) is 5.75 Å². The second-order valence-corrected chi connectivity index (χ2v) is 6.09. The number of rotatable bonds is 4. The number of amides is 1. The van der Waals surface area contributed by atoms with Crippen molar-refractivity contribution in [3.63, 3.8) is 0 Å². The molecule has 0 aliphatic heterocycles. The van der Waals surface area contributed by atoms with Crippen molar-refractivity contribution < 1.29 is 9.53 Å². The SMILES string of the molecule is C[C@H]1CCCC[C@H]1NC(=O)COc1ccc(Br)cc1. The maximum absolute atomic E-state index is 11.9. The van der Waals surface area contributed by atoms with Gasteiger partial charge < -0.3 is 10.1 Å². The highest BCUT2D eigenvalue weighted by Gasteiger charge is 2.22. The van der Waals surface area contributed by atoms with Gasteiger partial charge in [0.15, 0.2) is 6.61 Å². The van der Waals surface area contributed by atoms with E-state index in [0.717, 1.165) is 16.6 Å². The predicted molar refractivity (Wildman–Crippen MR) is 79.2 cm³/mol. The second-order valence-electron chi connectivity index (χ2n) is 5.18. The van der Waals surface area contributed by atoms with Crippen LogP contribution >= 0.6 is 15.9 Å². The van der Waals surface area contributed by atoms with Crippen LogP contribution in [0.4, 0.5) is 0 Å². The maximum Gasteiger partial charge on any atom is 0.258 e. The molecule has 1 aliphatic carbocycles. The summed E-state index contributed by atoms with van der Waals surface area (Å²) >= 11 is 3.36. The molecule has 0 spiro atoms. The molecule has 1 N–H and O–H groups in total. The topological polar surface area (TPSA) is 38.3 Å².